The van der Waals surface area contributed by atoms with E-state index >= 15 is 0 Å². The zero-order valence-corrected chi connectivity index (χ0v) is 9.81. The number of carboxylic acids is 1. The molecule has 0 fully saturated rings. The minimum absolute atomic E-state index is 0.0208. The van der Waals surface area contributed by atoms with Crippen LogP contribution in [0.1, 0.15) is 32.6 Å². The summed E-state index contributed by atoms with van der Waals surface area (Å²) in [5, 5.41) is 8.60. The van der Waals surface area contributed by atoms with Crippen LogP contribution >= 0.6 is 23.2 Å². The Kier molecular flexibility index (Phi) is 8.01. The van der Waals surface area contributed by atoms with Crippen LogP contribution in [0.5, 0.6) is 0 Å². The number of hydrogen-bond acceptors (Lipinski definition) is 1. The third kappa shape index (κ3) is 7.22. The molecule has 0 saturated heterocycles. The van der Waals surface area contributed by atoms with Gasteiger partial charge in [-0.3, -0.25) is 0 Å². The Hall–Kier alpha value is -0.210. The van der Waals surface area contributed by atoms with Gasteiger partial charge in [0.1, 0.15) is 0 Å². The highest BCUT2D eigenvalue weighted by atomic mass is 35.5. The monoisotopic (exact) mass is 238 g/mol. The predicted molar refractivity (Wildman–Crippen MR) is 60.2 cm³/mol. The van der Waals surface area contributed by atoms with Gasteiger partial charge in [-0.2, -0.15) is 0 Å². The molecule has 1 atom stereocenters. The minimum atomic E-state index is -0.880. The normalized spacial score (nSPS) is 14.1. The number of carbonyl (C=O) groups is 1. The maximum atomic E-state index is 10.4. The molecule has 0 saturated carbocycles. The molecule has 4 heteroatoms. The summed E-state index contributed by atoms with van der Waals surface area (Å²) >= 11 is 11.5. The molecule has 0 aliphatic rings. The summed E-state index contributed by atoms with van der Waals surface area (Å²) in [6, 6.07) is 0. The summed E-state index contributed by atoms with van der Waals surface area (Å²) in [5.41, 5.74) is 0.355. The van der Waals surface area contributed by atoms with Gasteiger partial charge in [-0.25, -0.2) is 4.79 Å². The highest BCUT2D eigenvalue weighted by Crippen LogP contribution is 2.13. The van der Waals surface area contributed by atoms with Crippen molar-refractivity contribution in [3.63, 3.8) is 0 Å². The molecule has 1 N–H and O–H groups in total. The van der Waals surface area contributed by atoms with Crippen LogP contribution in [0.25, 0.3) is 0 Å². The first kappa shape index (κ1) is 13.8. The quantitative estimate of drug-likeness (QED) is 0.420. The van der Waals surface area contributed by atoms with E-state index in [-0.39, 0.29) is 5.38 Å². The lowest BCUT2D eigenvalue weighted by molar-refractivity contribution is -0.132. The Labute approximate surface area is 94.9 Å². The number of alkyl halides is 2. The molecule has 0 aromatic heterocycles. The van der Waals surface area contributed by atoms with Crippen molar-refractivity contribution in [3.8, 4) is 0 Å². The van der Waals surface area contributed by atoms with Crippen molar-refractivity contribution in [2.45, 2.75) is 38.0 Å². The smallest absolute Gasteiger partial charge is 0.330 e. The second-order valence-electron chi connectivity index (χ2n) is 3.21. The van der Waals surface area contributed by atoms with E-state index in [1.54, 1.807) is 13.0 Å². The summed E-state index contributed by atoms with van der Waals surface area (Å²) in [7, 11) is 0. The van der Waals surface area contributed by atoms with Gasteiger partial charge in [0.15, 0.2) is 0 Å². The Balaban J connectivity index is 3.67. The summed E-state index contributed by atoms with van der Waals surface area (Å²) in [4.78, 5) is 10.4. The van der Waals surface area contributed by atoms with E-state index in [1.807, 2.05) is 0 Å². The van der Waals surface area contributed by atoms with Gasteiger partial charge in [0, 0.05) is 16.8 Å². The standard InChI is InChI=1S/C10H16Cl2O2/c1-8(10(13)14)5-6-9(12)4-2-3-7-11/h5,9H,2-4,6-7H2,1H3,(H,13,14). The SMILES string of the molecule is CC(=CCC(Cl)CCCCCl)C(=O)O. The van der Waals surface area contributed by atoms with Gasteiger partial charge in [0.25, 0.3) is 0 Å². The second kappa shape index (κ2) is 8.13. The van der Waals surface area contributed by atoms with E-state index in [4.69, 9.17) is 28.3 Å². The lowest BCUT2D eigenvalue weighted by Gasteiger charge is -2.05. The zero-order chi connectivity index (χ0) is 11.0. The molecule has 0 amide bonds. The number of unbranched alkanes of at least 4 members (excludes halogenated alkanes) is 1. The van der Waals surface area contributed by atoms with E-state index in [1.165, 1.54) is 0 Å². The molecule has 0 heterocycles. The summed E-state index contributed by atoms with van der Waals surface area (Å²) < 4.78 is 0. The van der Waals surface area contributed by atoms with Crippen molar-refractivity contribution in [2.24, 2.45) is 0 Å². The fraction of sp³-hybridized carbons (Fsp3) is 0.700. The number of rotatable bonds is 7. The third-order valence-corrected chi connectivity index (χ3v) is 2.58. The predicted octanol–water partition coefficient (Wildman–Crippen LogP) is 3.42. The van der Waals surface area contributed by atoms with Crippen molar-refractivity contribution in [3.05, 3.63) is 11.6 Å². The van der Waals surface area contributed by atoms with Gasteiger partial charge in [0.2, 0.25) is 0 Å². The fourth-order valence-electron chi connectivity index (χ4n) is 0.970. The second-order valence-corrected chi connectivity index (χ2v) is 4.21. The Bertz CT molecular complexity index is 202. The van der Waals surface area contributed by atoms with Crippen molar-refractivity contribution in [2.75, 3.05) is 5.88 Å². The number of allylic oxidation sites excluding steroid dienone is 1. The van der Waals surface area contributed by atoms with Crippen LogP contribution in [0.2, 0.25) is 0 Å². The maximum absolute atomic E-state index is 10.4. The van der Waals surface area contributed by atoms with Crippen LogP contribution in [0.3, 0.4) is 0 Å². The fourth-order valence-corrected chi connectivity index (χ4v) is 1.40. The zero-order valence-electron chi connectivity index (χ0n) is 8.30. The van der Waals surface area contributed by atoms with Gasteiger partial charge in [-0.05, 0) is 26.2 Å². The molecule has 1 unspecified atom stereocenters. The first-order valence-electron chi connectivity index (χ1n) is 4.68. The molecule has 0 aromatic carbocycles. The number of aliphatic carboxylic acids is 1. The van der Waals surface area contributed by atoms with Crippen molar-refractivity contribution < 1.29 is 9.90 Å². The van der Waals surface area contributed by atoms with Crippen LogP contribution in [-0.4, -0.2) is 22.3 Å². The van der Waals surface area contributed by atoms with Gasteiger partial charge >= 0.3 is 5.97 Å². The summed E-state index contributed by atoms with van der Waals surface area (Å²) in [5.74, 6) is -0.220. The van der Waals surface area contributed by atoms with E-state index in [0.29, 0.717) is 17.9 Å². The van der Waals surface area contributed by atoms with Crippen LogP contribution in [0.4, 0.5) is 0 Å². The van der Waals surface area contributed by atoms with Gasteiger partial charge in [0.05, 0.1) is 0 Å². The molecule has 0 bridgehead atoms. The molecule has 0 spiro atoms. The molecule has 0 aliphatic heterocycles. The first-order valence-corrected chi connectivity index (χ1v) is 5.65. The van der Waals surface area contributed by atoms with E-state index < -0.39 is 5.97 Å². The van der Waals surface area contributed by atoms with Crippen LogP contribution in [0.15, 0.2) is 11.6 Å². The molecular formula is C10H16Cl2O2. The Morgan fingerprint density at radius 3 is 2.64 bits per heavy atom. The number of halogens is 2. The molecule has 0 aliphatic carbocycles. The van der Waals surface area contributed by atoms with Crippen LogP contribution in [-0.2, 0) is 4.79 Å². The van der Waals surface area contributed by atoms with Gasteiger partial charge in [-0.1, -0.05) is 12.5 Å². The average molecular weight is 239 g/mol. The van der Waals surface area contributed by atoms with Crippen molar-refractivity contribution in [1.29, 1.82) is 0 Å². The molecule has 82 valence electrons. The third-order valence-electron chi connectivity index (χ3n) is 1.92. The largest absolute Gasteiger partial charge is 0.478 e. The lowest BCUT2D eigenvalue weighted by Crippen LogP contribution is -2.00. The highest BCUT2D eigenvalue weighted by Gasteiger charge is 2.04. The van der Waals surface area contributed by atoms with Crippen LogP contribution < -0.4 is 0 Å². The molecule has 2 nitrogen and oxygen atoms in total. The van der Waals surface area contributed by atoms with Gasteiger partial charge in [-0.15, -0.1) is 23.2 Å². The highest BCUT2D eigenvalue weighted by molar-refractivity contribution is 6.20. The van der Waals surface area contributed by atoms with Gasteiger partial charge < -0.3 is 5.11 Å². The molecule has 0 aromatic rings. The molecule has 0 radical (unpaired) electrons. The Morgan fingerprint density at radius 2 is 2.14 bits per heavy atom. The lowest BCUT2D eigenvalue weighted by atomic mass is 10.1. The van der Waals surface area contributed by atoms with E-state index in [9.17, 15) is 4.79 Å². The first-order chi connectivity index (χ1) is 6.57. The number of hydrogen-bond donors (Lipinski definition) is 1. The number of carboxylic acid groups (broad SMARTS) is 1. The van der Waals surface area contributed by atoms with Crippen molar-refractivity contribution >= 4 is 29.2 Å². The van der Waals surface area contributed by atoms with Crippen molar-refractivity contribution in [1.82, 2.24) is 0 Å². The Morgan fingerprint density at radius 1 is 1.50 bits per heavy atom. The van der Waals surface area contributed by atoms with E-state index in [0.717, 1.165) is 19.3 Å². The topological polar surface area (TPSA) is 37.3 Å². The summed E-state index contributed by atoms with van der Waals surface area (Å²) in [6.45, 7) is 1.57. The molecule has 14 heavy (non-hydrogen) atoms. The molecule has 0 rings (SSSR count). The summed E-state index contributed by atoms with van der Waals surface area (Å²) in [6.07, 6.45) is 5.13. The van der Waals surface area contributed by atoms with E-state index in [2.05, 4.69) is 0 Å². The van der Waals surface area contributed by atoms with Crippen LogP contribution in [0, 0.1) is 0 Å². The minimum Gasteiger partial charge on any atom is -0.478 e. The average Bonchev–Trinajstić information content (AvgIpc) is 2.14. The molecular weight excluding hydrogens is 223 g/mol. The maximum Gasteiger partial charge on any atom is 0.330 e.